The minimum absolute atomic E-state index is 0.0104. The summed E-state index contributed by atoms with van der Waals surface area (Å²) in [5.41, 5.74) is 0. The molecule has 0 saturated carbocycles. The van der Waals surface area contributed by atoms with Gasteiger partial charge in [0.1, 0.15) is 0 Å². The molecule has 6 nitrogen and oxygen atoms in total. The summed E-state index contributed by atoms with van der Waals surface area (Å²) in [6.07, 6.45) is -0.719. The van der Waals surface area contributed by atoms with Crippen LogP contribution in [-0.4, -0.2) is 67.9 Å². The quantitative estimate of drug-likeness (QED) is 0.299. The summed E-state index contributed by atoms with van der Waals surface area (Å²) in [5.74, 6) is 0. The summed E-state index contributed by atoms with van der Waals surface area (Å²) in [6, 6.07) is 0. The van der Waals surface area contributed by atoms with Gasteiger partial charge in [0.15, 0.2) is 6.29 Å². The molecule has 0 aliphatic carbocycles. The van der Waals surface area contributed by atoms with E-state index >= 15 is 0 Å². The van der Waals surface area contributed by atoms with Gasteiger partial charge in [0.05, 0.1) is 39.6 Å². The molecule has 0 saturated heterocycles. The molecule has 0 amide bonds. The van der Waals surface area contributed by atoms with E-state index in [1.165, 1.54) is 0 Å². The monoisotopic (exact) mass is 224 g/mol. The van der Waals surface area contributed by atoms with Gasteiger partial charge >= 0.3 is 0 Å². The van der Waals surface area contributed by atoms with Crippen LogP contribution >= 0.6 is 0 Å². The van der Waals surface area contributed by atoms with Crippen LogP contribution in [0, 0.1) is 0 Å². The summed E-state index contributed by atoms with van der Waals surface area (Å²) in [6.45, 7) is 1.73. The highest BCUT2D eigenvalue weighted by molar-refractivity contribution is 4.40. The predicted octanol–water partition coefficient (Wildman–Crippen LogP) is -1.27. The Kier molecular flexibility index (Phi) is 11.6. The smallest absolute Gasteiger partial charge is 0.156 e. The van der Waals surface area contributed by atoms with E-state index in [-0.39, 0.29) is 26.2 Å². The molecule has 0 fully saturated rings. The van der Waals surface area contributed by atoms with Gasteiger partial charge in [0, 0.05) is 13.0 Å². The van der Waals surface area contributed by atoms with Crippen LogP contribution in [0.4, 0.5) is 0 Å². The molecular weight excluding hydrogens is 204 g/mol. The van der Waals surface area contributed by atoms with Crippen LogP contribution < -0.4 is 0 Å². The van der Waals surface area contributed by atoms with Crippen molar-refractivity contribution in [3.63, 3.8) is 0 Å². The molecule has 0 aliphatic rings. The number of aliphatic hydroxyl groups is 3. The maximum absolute atomic E-state index is 9.03. The first-order valence-electron chi connectivity index (χ1n) is 4.98. The van der Waals surface area contributed by atoms with E-state index in [9.17, 15) is 0 Å². The molecule has 1 unspecified atom stereocenters. The lowest BCUT2D eigenvalue weighted by molar-refractivity contribution is -0.121. The van der Waals surface area contributed by atoms with Crippen molar-refractivity contribution in [2.75, 3.05) is 46.2 Å². The van der Waals surface area contributed by atoms with Crippen LogP contribution in [0.15, 0.2) is 0 Å². The van der Waals surface area contributed by atoms with Crippen molar-refractivity contribution in [2.45, 2.75) is 12.7 Å². The van der Waals surface area contributed by atoms with Crippen molar-refractivity contribution in [1.29, 1.82) is 0 Å². The van der Waals surface area contributed by atoms with Gasteiger partial charge in [-0.25, -0.2) is 0 Å². The number of aliphatic hydroxyl groups excluding tert-OH is 3. The van der Waals surface area contributed by atoms with Crippen LogP contribution in [-0.2, 0) is 14.2 Å². The second kappa shape index (κ2) is 11.8. The van der Waals surface area contributed by atoms with Crippen molar-refractivity contribution < 1.29 is 29.5 Å². The first-order valence-corrected chi connectivity index (χ1v) is 4.98. The maximum atomic E-state index is 9.03. The minimum atomic E-state index is -0.927. The lowest BCUT2D eigenvalue weighted by Crippen LogP contribution is -2.17. The Morgan fingerprint density at radius 3 is 2.00 bits per heavy atom. The second-order valence-electron chi connectivity index (χ2n) is 2.79. The lowest BCUT2D eigenvalue weighted by atomic mass is 10.4. The van der Waals surface area contributed by atoms with Crippen LogP contribution in [0.2, 0.25) is 0 Å². The van der Waals surface area contributed by atoms with Crippen LogP contribution in [0.25, 0.3) is 0 Å². The van der Waals surface area contributed by atoms with Crippen molar-refractivity contribution in [3.05, 3.63) is 0 Å². The topological polar surface area (TPSA) is 88.4 Å². The molecular formula is C9H20O6. The van der Waals surface area contributed by atoms with E-state index in [1.54, 1.807) is 0 Å². The van der Waals surface area contributed by atoms with Crippen LogP contribution in [0.1, 0.15) is 6.42 Å². The Labute approximate surface area is 89.4 Å². The van der Waals surface area contributed by atoms with E-state index in [4.69, 9.17) is 29.5 Å². The maximum Gasteiger partial charge on any atom is 0.156 e. The Morgan fingerprint density at radius 2 is 1.40 bits per heavy atom. The largest absolute Gasteiger partial charge is 0.396 e. The Balaban J connectivity index is 2.98. The third-order valence-electron chi connectivity index (χ3n) is 1.52. The van der Waals surface area contributed by atoms with E-state index in [1.807, 2.05) is 0 Å². The predicted molar refractivity (Wildman–Crippen MR) is 52.4 cm³/mol. The van der Waals surface area contributed by atoms with Crippen molar-refractivity contribution >= 4 is 0 Å². The van der Waals surface area contributed by atoms with Gasteiger partial charge in [-0.2, -0.15) is 0 Å². The molecule has 0 bridgehead atoms. The van der Waals surface area contributed by atoms with Gasteiger partial charge in [-0.05, 0) is 0 Å². The molecule has 0 aromatic rings. The standard InChI is InChI=1S/C9H20O6/c10-2-1-9(12)15-8-7-14-6-5-13-4-3-11/h9-12H,1-8H2. The third-order valence-corrected chi connectivity index (χ3v) is 1.52. The molecule has 6 heteroatoms. The molecule has 92 valence electrons. The highest BCUT2D eigenvalue weighted by atomic mass is 16.6. The lowest BCUT2D eigenvalue weighted by Gasteiger charge is -2.10. The summed E-state index contributed by atoms with van der Waals surface area (Å²) in [7, 11) is 0. The number of hydrogen-bond acceptors (Lipinski definition) is 6. The summed E-state index contributed by atoms with van der Waals surface area (Å²) in [5, 5.41) is 25.9. The Bertz CT molecular complexity index is 121. The van der Waals surface area contributed by atoms with Crippen molar-refractivity contribution in [1.82, 2.24) is 0 Å². The van der Waals surface area contributed by atoms with Crippen LogP contribution in [0.5, 0.6) is 0 Å². The molecule has 0 rings (SSSR count). The van der Waals surface area contributed by atoms with Gasteiger partial charge in [0.2, 0.25) is 0 Å². The minimum Gasteiger partial charge on any atom is -0.396 e. The number of ether oxygens (including phenoxy) is 3. The van der Waals surface area contributed by atoms with E-state index in [0.29, 0.717) is 26.4 Å². The van der Waals surface area contributed by atoms with Gasteiger partial charge in [-0.3, -0.25) is 0 Å². The van der Waals surface area contributed by atoms with Gasteiger partial charge < -0.3 is 29.5 Å². The molecule has 15 heavy (non-hydrogen) atoms. The van der Waals surface area contributed by atoms with Gasteiger partial charge in [-0.1, -0.05) is 0 Å². The highest BCUT2D eigenvalue weighted by Gasteiger charge is 2.01. The van der Waals surface area contributed by atoms with E-state index in [2.05, 4.69) is 0 Å². The molecule has 3 N–H and O–H groups in total. The molecule has 0 aromatic heterocycles. The zero-order valence-corrected chi connectivity index (χ0v) is 8.80. The van der Waals surface area contributed by atoms with Gasteiger partial charge in [0.25, 0.3) is 0 Å². The fourth-order valence-electron chi connectivity index (χ4n) is 0.823. The molecule has 0 heterocycles. The molecule has 0 radical (unpaired) electrons. The Hall–Kier alpha value is -0.240. The summed E-state index contributed by atoms with van der Waals surface area (Å²) in [4.78, 5) is 0. The SMILES string of the molecule is OCCOCCOCCOC(O)CCO. The van der Waals surface area contributed by atoms with E-state index < -0.39 is 6.29 Å². The zero-order chi connectivity index (χ0) is 11.4. The average Bonchev–Trinajstić information content (AvgIpc) is 2.22. The first kappa shape index (κ1) is 14.8. The van der Waals surface area contributed by atoms with Crippen molar-refractivity contribution in [2.24, 2.45) is 0 Å². The normalized spacial score (nSPS) is 13.0. The summed E-state index contributed by atoms with van der Waals surface area (Å²) >= 11 is 0. The fraction of sp³-hybridized carbons (Fsp3) is 1.00. The van der Waals surface area contributed by atoms with Crippen LogP contribution in [0.3, 0.4) is 0 Å². The summed E-state index contributed by atoms with van der Waals surface area (Å²) < 4.78 is 15.0. The molecule has 0 aromatic carbocycles. The van der Waals surface area contributed by atoms with E-state index in [0.717, 1.165) is 0 Å². The fourth-order valence-corrected chi connectivity index (χ4v) is 0.823. The molecule has 0 spiro atoms. The average molecular weight is 224 g/mol. The van der Waals surface area contributed by atoms with Gasteiger partial charge in [-0.15, -0.1) is 0 Å². The number of rotatable bonds is 11. The van der Waals surface area contributed by atoms with Crippen molar-refractivity contribution in [3.8, 4) is 0 Å². The molecule has 1 atom stereocenters. The zero-order valence-electron chi connectivity index (χ0n) is 8.80. The second-order valence-corrected chi connectivity index (χ2v) is 2.79. The molecule has 0 aliphatic heterocycles. The third kappa shape index (κ3) is 11.7. The number of hydrogen-bond donors (Lipinski definition) is 3. The first-order chi connectivity index (χ1) is 7.31. The highest BCUT2D eigenvalue weighted by Crippen LogP contribution is 1.92. The Morgan fingerprint density at radius 1 is 0.800 bits per heavy atom.